The van der Waals surface area contributed by atoms with Gasteiger partial charge in [0.25, 0.3) is 5.91 Å². The lowest BCUT2D eigenvalue weighted by molar-refractivity contribution is -0.163. The van der Waals surface area contributed by atoms with Crippen LogP contribution in [0.4, 0.5) is 0 Å². The minimum atomic E-state index is -1.45. The number of amides is 3. The first-order chi connectivity index (χ1) is 20.6. The molecule has 4 rings (SSSR count). The van der Waals surface area contributed by atoms with Crippen LogP contribution in [-0.4, -0.2) is 86.2 Å². The number of rotatable bonds is 6. The van der Waals surface area contributed by atoms with E-state index >= 15 is 0 Å². The van der Waals surface area contributed by atoms with E-state index < -0.39 is 65.7 Å². The Balaban J connectivity index is 1.72. The number of nitrogens with zero attached hydrogens (tertiary/aromatic N) is 3. The average molecular weight is 590 g/mol. The van der Waals surface area contributed by atoms with E-state index in [1.165, 1.54) is 44.1 Å². The maximum atomic E-state index is 13.7. The highest BCUT2D eigenvalue weighted by Gasteiger charge is 2.41. The van der Waals surface area contributed by atoms with Crippen LogP contribution in [0.15, 0.2) is 73.2 Å². The van der Waals surface area contributed by atoms with Gasteiger partial charge in [0, 0.05) is 32.1 Å². The molecule has 0 bridgehead atoms. The zero-order valence-corrected chi connectivity index (χ0v) is 24.1. The highest BCUT2D eigenvalue weighted by molar-refractivity contribution is 5.98. The topological polar surface area (TPSA) is 171 Å². The van der Waals surface area contributed by atoms with Crippen LogP contribution in [-0.2, 0) is 32.0 Å². The predicted molar refractivity (Wildman–Crippen MR) is 154 cm³/mol. The summed E-state index contributed by atoms with van der Waals surface area (Å²) in [5.74, 6) is -4.40. The summed E-state index contributed by atoms with van der Waals surface area (Å²) in [7, 11) is 1.47. The number of hydrogen-bond acceptors (Lipinski definition) is 9. The zero-order valence-electron chi connectivity index (χ0n) is 24.1. The van der Waals surface area contributed by atoms with Gasteiger partial charge < -0.3 is 30.5 Å². The maximum absolute atomic E-state index is 13.7. The zero-order chi connectivity index (χ0) is 31.1. The van der Waals surface area contributed by atoms with Crippen molar-refractivity contribution < 1.29 is 34.1 Å². The Morgan fingerprint density at radius 1 is 1.00 bits per heavy atom. The van der Waals surface area contributed by atoms with Gasteiger partial charge >= 0.3 is 5.97 Å². The number of benzene rings is 1. The Hall–Kier alpha value is -4.84. The van der Waals surface area contributed by atoms with Crippen LogP contribution in [0.1, 0.15) is 35.5 Å². The van der Waals surface area contributed by atoms with Crippen molar-refractivity contribution in [1.29, 1.82) is 0 Å². The quantitative estimate of drug-likeness (QED) is 0.307. The van der Waals surface area contributed by atoms with Crippen LogP contribution in [0.3, 0.4) is 0 Å². The molecule has 3 heterocycles. The van der Waals surface area contributed by atoms with E-state index in [2.05, 4.69) is 20.6 Å². The largest absolute Gasteiger partial charge is 0.505 e. The fourth-order valence-electron chi connectivity index (χ4n) is 4.99. The molecule has 3 amide bonds. The van der Waals surface area contributed by atoms with E-state index in [0.29, 0.717) is 5.56 Å². The van der Waals surface area contributed by atoms with E-state index in [-0.39, 0.29) is 18.5 Å². The van der Waals surface area contributed by atoms with E-state index in [1.54, 1.807) is 36.7 Å². The Kier molecular flexibility index (Phi) is 10.0. The molecule has 1 unspecified atom stereocenters. The lowest BCUT2D eigenvalue weighted by Crippen LogP contribution is -2.61. The Morgan fingerprint density at radius 3 is 2.37 bits per heavy atom. The third-order valence-corrected chi connectivity index (χ3v) is 7.52. The summed E-state index contributed by atoms with van der Waals surface area (Å²) < 4.78 is 5.73. The first-order valence-electron chi connectivity index (χ1n) is 13.9. The lowest BCUT2D eigenvalue weighted by Gasteiger charge is -2.36. The molecule has 1 aromatic carbocycles. The van der Waals surface area contributed by atoms with Crippen molar-refractivity contribution >= 4 is 23.7 Å². The number of likely N-dealkylation sites (N-methyl/N-ethyl adjacent to an activating group) is 1. The van der Waals surface area contributed by atoms with E-state index in [0.717, 1.165) is 5.56 Å². The number of carbonyl (C=O) groups excluding carboxylic acids is 4. The smallest absolute Gasteiger partial charge is 0.329 e. The first-order valence-corrected chi connectivity index (χ1v) is 13.9. The Morgan fingerprint density at radius 2 is 1.70 bits per heavy atom. The molecular formula is C31H35N5O7. The number of cyclic esters (lactones) is 1. The van der Waals surface area contributed by atoms with Gasteiger partial charge in [-0.2, -0.15) is 0 Å². The van der Waals surface area contributed by atoms with Crippen LogP contribution in [0.2, 0.25) is 0 Å². The number of aliphatic hydroxyl groups is 1. The SMILES string of the molecule is C[C@H]1OC(=O)C(Cc2ccccc2)N(C)C(=O)[C@H](C)[C@H](O)[C@H](Cc2cccnc2)NC(=O)[C@H]1NC(=O)c1ncccc1O. The molecule has 4 N–H and O–H groups in total. The molecule has 0 radical (unpaired) electrons. The molecule has 2 aromatic heterocycles. The standard InChI is InChI=1S/C31H35N5O7/c1-18-27(38)22(15-21-11-7-13-32-17-21)34-28(39)25(35-29(40)26-24(37)12-8-14-33-26)19(2)43-31(42)23(36(3)30(18)41)16-20-9-5-4-6-10-20/h4-14,17-19,22-23,25,27,37-38H,15-16H2,1-3H3,(H,34,39)(H,35,40)/t18-,19-,22+,23?,25+,27+/m1/s1. The summed E-state index contributed by atoms with van der Waals surface area (Å²) in [6.07, 6.45) is 2.10. The third kappa shape index (κ3) is 7.52. The number of hydrogen-bond donors (Lipinski definition) is 4. The number of aromatic hydroxyl groups is 1. The number of nitrogens with one attached hydrogen (secondary N) is 2. The van der Waals surface area contributed by atoms with Crippen molar-refractivity contribution in [2.75, 3.05) is 7.05 Å². The fourth-order valence-corrected chi connectivity index (χ4v) is 4.99. The molecule has 1 aliphatic heterocycles. The summed E-state index contributed by atoms with van der Waals surface area (Å²) in [4.78, 5) is 63.3. The monoisotopic (exact) mass is 589 g/mol. The fraction of sp³-hybridized carbons (Fsp3) is 0.355. The average Bonchev–Trinajstić information content (AvgIpc) is 3.01. The van der Waals surface area contributed by atoms with Crippen LogP contribution < -0.4 is 10.6 Å². The molecule has 1 fully saturated rings. The molecule has 43 heavy (non-hydrogen) atoms. The van der Waals surface area contributed by atoms with E-state index in [4.69, 9.17) is 4.74 Å². The summed E-state index contributed by atoms with van der Waals surface area (Å²) in [6.45, 7) is 2.96. The normalized spacial score (nSPS) is 25.1. The molecule has 0 spiro atoms. The van der Waals surface area contributed by atoms with Gasteiger partial charge in [-0.1, -0.05) is 43.3 Å². The number of esters is 1. The van der Waals surface area contributed by atoms with Crippen molar-refractivity contribution in [3.63, 3.8) is 0 Å². The number of aromatic nitrogens is 2. The number of pyridine rings is 2. The molecule has 0 aliphatic carbocycles. The summed E-state index contributed by atoms with van der Waals surface area (Å²) in [6, 6.07) is 11.7. The second kappa shape index (κ2) is 13.9. The Bertz CT molecular complexity index is 1440. The number of ether oxygens (including phenoxy) is 1. The van der Waals surface area contributed by atoms with Crippen molar-refractivity contribution in [1.82, 2.24) is 25.5 Å². The molecule has 12 heteroatoms. The lowest BCUT2D eigenvalue weighted by atomic mass is 9.91. The highest BCUT2D eigenvalue weighted by Crippen LogP contribution is 2.21. The van der Waals surface area contributed by atoms with E-state index in [9.17, 15) is 29.4 Å². The minimum absolute atomic E-state index is 0.113. The number of aliphatic hydroxyl groups excluding tert-OH is 1. The van der Waals surface area contributed by atoms with Gasteiger partial charge in [-0.25, -0.2) is 9.78 Å². The van der Waals surface area contributed by atoms with Gasteiger partial charge in [-0.15, -0.1) is 0 Å². The van der Waals surface area contributed by atoms with E-state index in [1.807, 2.05) is 18.2 Å². The molecular weight excluding hydrogens is 554 g/mol. The molecule has 6 atom stereocenters. The first kappa shape index (κ1) is 31.1. The molecule has 1 aliphatic rings. The number of carbonyl (C=O) groups is 4. The van der Waals surface area contributed by atoms with Gasteiger partial charge in [0.2, 0.25) is 11.8 Å². The van der Waals surface area contributed by atoms with Crippen LogP contribution >= 0.6 is 0 Å². The van der Waals surface area contributed by atoms with Gasteiger partial charge in [0.1, 0.15) is 23.9 Å². The molecule has 0 saturated carbocycles. The molecule has 12 nitrogen and oxygen atoms in total. The molecule has 226 valence electrons. The van der Waals surface area contributed by atoms with Gasteiger partial charge in [0.15, 0.2) is 5.69 Å². The highest BCUT2D eigenvalue weighted by atomic mass is 16.5. The van der Waals surface area contributed by atoms with Crippen molar-refractivity contribution in [3.8, 4) is 5.75 Å². The van der Waals surface area contributed by atoms with Crippen LogP contribution in [0.25, 0.3) is 0 Å². The predicted octanol–water partition coefficient (Wildman–Crippen LogP) is 1.02. The van der Waals surface area contributed by atoms with Crippen LogP contribution in [0.5, 0.6) is 5.75 Å². The van der Waals surface area contributed by atoms with Crippen molar-refractivity contribution in [2.45, 2.75) is 57.0 Å². The second-order valence-electron chi connectivity index (χ2n) is 10.6. The third-order valence-electron chi connectivity index (χ3n) is 7.52. The Labute approximate surface area is 249 Å². The van der Waals surface area contributed by atoms with Gasteiger partial charge in [-0.3, -0.25) is 19.4 Å². The summed E-state index contributed by atoms with van der Waals surface area (Å²) >= 11 is 0. The maximum Gasteiger partial charge on any atom is 0.329 e. The molecule has 3 aromatic rings. The minimum Gasteiger partial charge on any atom is -0.505 e. The molecule has 1 saturated heterocycles. The van der Waals surface area contributed by atoms with Crippen LogP contribution in [0, 0.1) is 5.92 Å². The van der Waals surface area contributed by atoms with Crippen molar-refractivity contribution in [2.24, 2.45) is 5.92 Å². The summed E-state index contributed by atoms with van der Waals surface area (Å²) in [5.41, 5.74) is 1.12. The summed E-state index contributed by atoms with van der Waals surface area (Å²) in [5, 5.41) is 26.9. The van der Waals surface area contributed by atoms with Gasteiger partial charge in [0.05, 0.1) is 18.1 Å². The second-order valence-corrected chi connectivity index (χ2v) is 10.6. The van der Waals surface area contributed by atoms with Gasteiger partial charge in [-0.05, 0) is 42.7 Å². The van der Waals surface area contributed by atoms with Crippen molar-refractivity contribution in [3.05, 3.63) is 90.0 Å².